The second kappa shape index (κ2) is 7.06. The summed E-state index contributed by atoms with van der Waals surface area (Å²) < 4.78 is 5.39. The summed E-state index contributed by atoms with van der Waals surface area (Å²) in [5.74, 6) is 0.296. The smallest absolute Gasteiger partial charge is 0.410 e. The van der Waals surface area contributed by atoms with Crippen LogP contribution in [-0.2, 0) is 9.53 Å². The summed E-state index contributed by atoms with van der Waals surface area (Å²) in [7, 11) is 0. The predicted octanol–water partition coefficient (Wildman–Crippen LogP) is 2.25. The van der Waals surface area contributed by atoms with E-state index in [2.05, 4.69) is 0 Å². The molecular formula is C18H29N3O5. The summed E-state index contributed by atoms with van der Waals surface area (Å²) in [6, 6.07) is -1.05. The molecule has 3 saturated heterocycles. The molecule has 8 heteroatoms. The number of likely N-dealkylation sites (tertiary alicyclic amines) is 1. The van der Waals surface area contributed by atoms with Gasteiger partial charge in [-0.2, -0.15) is 0 Å². The van der Waals surface area contributed by atoms with Gasteiger partial charge in [0, 0.05) is 26.1 Å². The van der Waals surface area contributed by atoms with Gasteiger partial charge < -0.3 is 14.5 Å². The molecule has 0 aromatic carbocycles. The zero-order valence-corrected chi connectivity index (χ0v) is 15.8. The monoisotopic (exact) mass is 367 g/mol. The Morgan fingerprint density at radius 2 is 1.81 bits per heavy atom. The van der Waals surface area contributed by atoms with Crippen LogP contribution >= 0.6 is 0 Å². The number of piperidine rings is 2. The Hall–Kier alpha value is -1.83. The standard InChI is InChI=1S/C18H29N3O5/c1-18(2,3)26-17(24)19-8-6-12(7-9-19)10-15(22)14-5-4-13-11-20(14)16(23)21(13)25/h12-14,25H,4-11H2,1-3H3/t13-,14+/m1/s1. The van der Waals surface area contributed by atoms with E-state index in [4.69, 9.17) is 4.74 Å². The fourth-order valence-corrected chi connectivity index (χ4v) is 4.05. The van der Waals surface area contributed by atoms with Crippen molar-refractivity contribution in [2.75, 3.05) is 19.6 Å². The number of urea groups is 1. The molecule has 3 aliphatic heterocycles. The zero-order chi connectivity index (χ0) is 19.1. The van der Waals surface area contributed by atoms with Crippen molar-refractivity contribution in [3.63, 3.8) is 0 Å². The van der Waals surface area contributed by atoms with Crippen molar-refractivity contribution >= 4 is 17.9 Å². The van der Waals surface area contributed by atoms with E-state index < -0.39 is 17.7 Å². The van der Waals surface area contributed by atoms with Crippen LogP contribution in [0.1, 0.15) is 52.9 Å². The van der Waals surface area contributed by atoms with E-state index in [1.54, 1.807) is 4.90 Å². The summed E-state index contributed by atoms with van der Waals surface area (Å²) in [5.41, 5.74) is -0.508. The minimum Gasteiger partial charge on any atom is -0.444 e. The second-order valence-corrected chi connectivity index (χ2v) is 8.61. The molecule has 0 radical (unpaired) electrons. The molecule has 8 nitrogen and oxygen atoms in total. The summed E-state index contributed by atoms with van der Waals surface area (Å²) in [5, 5.41) is 10.5. The zero-order valence-electron chi connectivity index (χ0n) is 15.8. The first kappa shape index (κ1) is 18.9. The van der Waals surface area contributed by atoms with Crippen LogP contribution in [0.25, 0.3) is 0 Å². The number of nitrogens with zero attached hydrogens (tertiary/aromatic N) is 3. The molecule has 1 N–H and O–H groups in total. The molecule has 2 bridgehead atoms. The van der Waals surface area contributed by atoms with Gasteiger partial charge in [-0.1, -0.05) is 0 Å². The van der Waals surface area contributed by atoms with Crippen molar-refractivity contribution in [1.29, 1.82) is 0 Å². The maximum atomic E-state index is 12.7. The number of carbonyl (C=O) groups is 3. The Kier molecular flexibility index (Phi) is 5.14. The van der Waals surface area contributed by atoms with Gasteiger partial charge in [-0.25, -0.2) is 14.7 Å². The first-order chi connectivity index (χ1) is 12.2. The number of Topliss-reactive ketones (excluding diaryl/α,β-unsaturated/α-hetero) is 1. The minimum absolute atomic E-state index is 0.0721. The van der Waals surface area contributed by atoms with Crippen LogP contribution in [0.4, 0.5) is 9.59 Å². The van der Waals surface area contributed by atoms with Gasteiger partial charge in [-0.15, -0.1) is 0 Å². The second-order valence-electron chi connectivity index (χ2n) is 8.61. The lowest BCUT2D eigenvalue weighted by atomic mass is 9.87. The summed E-state index contributed by atoms with van der Waals surface area (Å²) >= 11 is 0. The van der Waals surface area contributed by atoms with Gasteiger partial charge in [0.15, 0.2) is 5.78 Å². The van der Waals surface area contributed by atoms with Crippen LogP contribution in [0.3, 0.4) is 0 Å². The molecule has 0 spiro atoms. The fourth-order valence-electron chi connectivity index (χ4n) is 4.05. The van der Waals surface area contributed by atoms with Crippen molar-refractivity contribution in [2.24, 2.45) is 5.92 Å². The summed E-state index contributed by atoms with van der Waals surface area (Å²) in [6.07, 6.45) is 2.93. The molecule has 0 aliphatic carbocycles. The Bertz CT molecular complexity index is 580. The Balaban J connectivity index is 1.48. The average Bonchev–Trinajstić information content (AvgIpc) is 2.78. The molecule has 3 amide bonds. The maximum absolute atomic E-state index is 12.7. The van der Waals surface area contributed by atoms with Gasteiger partial charge in [0.1, 0.15) is 5.60 Å². The van der Waals surface area contributed by atoms with Crippen molar-refractivity contribution in [3.8, 4) is 0 Å². The van der Waals surface area contributed by atoms with Gasteiger partial charge in [0.25, 0.3) is 0 Å². The molecule has 0 unspecified atom stereocenters. The number of ether oxygens (including phenoxy) is 1. The molecule has 3 aliphatic rings. The molecular weight excluding hydrogens is 338 g/mol. The van der Waals surface area contributed by atoms with E-state index >= 15 is 0 Å². The van der Waals surface area contributed by atoms with Gasteiger partial charge >= 0.3 is 12.1 Å². The summed E-state index contributed by atoms with van der Waals surface area (Å²) in [6.45, 7) is 7.15. The lowest BCUT2D eigenvalue weighted by Crippen LogP contribution is -2.46. The number of hydrogen-bond acceptors (Lipinski definition) is 5. The van der Waals surface area contributed by atoms with Crippen LogP contribution in [0, 0.1) is 5.92 Å². The molecule has 3 fully saturated rings. The number of fused-ring (bicyclic) bond motifs is 2. The first-order valence-corrected chi connectivity index (χ1v) is 9.45. The lowest BCUT2D eigenvalue weighted by molar-refractivity contribution is -0.125. The highest BCUT2D eigenvalue weighted by atomic mass is 16.6. The third-order valence-corrected chi connectivity index (χ3v) is 5.47. The minimum atomic E-state index is -0.508. The Labute approximate surface area is 154 Å². The van der Waals surface area contributed by atoms with E-state index in [0.717, 1.165) is 17.9 Å². The highest BCUT2D eigenvalue weighted by Crippen LogP contribution is 2.31. The number of amides is 3. The molecule has 0 saturated carbocycles. The van der Waals surface area contributed by atoms with Gasteiger partial charge in [0.05, 0.1) is 12.1 Å². The van der Waals surface area contributed by atoms with Crippen LogP contribution in [0.2, 0.25) is 0 Å². The quantitative estimate of drug-likeness (QED) is 0.773. The van der Waals surface area contributed by atoms with Crippen molar-refractivity contribution < 1.29 is 24.3 Å². The van der Waals surface area contributed by atoms with E-state index in [1.807, 2.05) is 20.8 Å². The molecule has 26 heavy (non-hydrogen) atoms. The number of ketones is 1. The van der Waals surface area contributed by atoms with Crippen molar-refractivity contribution in [1.82, 2.24) is 14.9 Å². The molecule has 3 heterocycles. The first-order valence-electron chi connectivity index (χ1n) is 9.45. The van der Waals surface area contributed by atoms with Crippen molar-refractivity contribution in [3.05, 3.63) is 0 Å². The molecule has 0 aromatic rings. The van der Waals surface area contributed by atoms with Crippen LogP contribution in [0.15, 0.2) is 0 Å². The number of hydroxylamine groups is 2. The molecule has 146 valence electrons. The Morgan fingerprint density at radius 3 is 2.42 bits per heavy atom. The van der Waals surface area contributed by atoms with Crippen LogP contribution < -0.4 is 0 Å². The summed E-state index contributed by atoms with van der Waals surface area (Å²) in [4.78, 5) is 40.0. The van der Waals surface area contributed by atoms with Crippen molar-refractivity contribution in [2.45, 2.75) is 70.6 Å². The number of rotatable bonds is 3. The van der Waals surface area contributed by atoms with Gasteiger partial charge in [-0.05, 0) is 52.4 Å². The SMILES string of the molecule is CC(C)(C)OC(=O)N1CCC(CC(=O)[C@@H]2CC[C@@H]3CN2C(=O)N3O)CC1. The lowest BCUT2D eigenvalue weighted by Gasteiger charge is -2.34. The highest BCUT2D eigenvalue weighted by molar-refractivity contribution is 5.90. The third-order valence-electron chi connectivity index (χ3n) is 5.47. The molecule has 0 aromatic heterocycles. The largest absolute Gasteiger partial charge is 0.444 e. The van der Waals surface area contributed by atoms with Gasteiger partial charge in [-0.3, -0.25) is 10.0 Å². The van der Waals surface area contributed by atoms with E-state index in [0.29, 0.717) is 38.9 Å². The average molecular weight is 367 g/mol. The molecule has 2 atom stereocenters. The fraction of sp³-hybridized carbons (Fsp3) is 0.833. The van der Waals surface area contributed by atoms with E-state index in [9.17, 15) is 19.6 Å². The third kappa shape index (κ3) is 3.95. The normalized spacial score (nSPS) is 27.1. The van der Waals surface area contributed by atoms with E-state index in [1.165, 1.54) is 4.90 Å². The molecule has 3 rings (SSSR count). The van der Waals surface area contributed by atoms with Crippen LogP contribution in [-0.4, -0.2) is 75.3 Å². The highest BCUT2D eigenvalue weighted by Gasteiger charge is 2.46. The number of hydrogen-bond donors (Lipinski definition) is 1. The predicted molar refractivity (Wildman–Crippen MR) is 92.7 cm³/mol. The van der Waals surface area contributed by atoms with Gasteiger partial charge in [0.2, 0.25) is 0 Å². The topological polar surface area (TPSA) is 90.4 Å². The van der Waals surface area contributed by atoms with Crippen LogP contribution in [0.5, 0.6) is 0 Å². The van der Waals surface area contributed by atoms with E-state index in [-0.39, 0.29) is 23.8 Å². The maximum Gasteiger partial charge on any atom is 0.410 e. The number of carbonyl (C=O) groups excluding carboxylic acids is 3. The Morgan fingerprint density at radius 1 is 1.15 bits per heavy atom.